The summed E-state index contributed by atoms with van der Waals surface area (Å²) in [4.78, 5) is 12.2. The zero-order valence-electron chi connectivity index (χ0n) is 14.0. The van der Waals surface area contributed by atoms with Crippen molar-refractivity contribution in [3.05, 3.63) is 0 Å². The maximum atomic E-state index is 12.2. The fourth-order valence-corrected chi connectivity index (χ4v) is 5.72. The first-order valence-corrected chi connectivity index (χ1v) is 10.3. The van der Waals surface area contributed by atoms with Crippen LogP contribution in [-0.2, 0) is 4.79 Å². The molecule has 0 aromatic carbocycles. The summed E-state index contributed by atoms with van der Waals surface area (Å²) in [6, 6.07) is 0.637. The molecule has 0 unspecified atom stereocenters. The van der Waals surface area contributed by atoms with Gasteiger partial charge in [0.25, 0.3) is 0 Å². The Balaban J connectivity index is 1.41. The van der Waals surface area contributed by atoms with Crippen molar-refractivity contribution in [1.29, 1.82) is 0 Å². The summed E-state index contributed by atoms with van der Waals surface area (Å²) in [6.45, 7) is 6.31. The summed E-state index contributed by atoms with van der Waals surface area (Å²) in [7, 11) is 0. The lowest BCUT2D eigenvalue weighted by molar-refractivity contribution is -0.119. The molecule has 0 spiro atoms. The van der Waals surface area contributed by atoms with E-state index in [4.69, 9.17) is 0 Å². The van der Waals surface area contributed by atoms with Crippen LogP contribution in [0.4, 0.5) is 5.13 Å². The number of carbonyl (C=O) groups excluding carboxylic acids is 1. The number of thioether (sulfide) groups is 1. The van der Waals surface area contributed by atoms with Gasteiger partial charge in [0.05, 0.1) is 5.75 Å². The fraction of sp³-hybridized carbons (Fsp3) is 0.812. The molecule has 2 bridgehead atoms. The number of aromatic nitrogens is 2. The van der Waals surface area contributed by atoms with Crippen LogP contribution in [0, 0.1) is 17.8 Å². The number of hydrogen-bond donors (Lipinski definition) is 2. The Labute approximate surface area is 146 Å². The molecule has 7 heteroatoms. The first-order valence-electron chi connectivity index (χ1n) is 8.53. The summed E-state index contributed by atoms with van der Waals surface area (Å²) >= 11 is 2.98. The van der Waals surface area contributed by atoms with Gasteiger partial charge in [-0.3, -0.25) is 4.79 Å². The highest BCUT2D eigenvalue weighted by Gasteiger charge is 2.42. The van der Waals surface area contributed by atoms with Crippen LogP contribution in [-0.4, -0.2) is 33.9 Å². The van der Waals surface area contributed by atoms with Gasteiger partial charge >= 0.3 is 0 Å². The van der Waals surface area contributed by atoms with Gasteiger partial charge in [0.15, 0.2) is 4.34 Å². The van der Waals surface area contributed by atoms with E-state index in [0.717, 1.165) is 21.3 Å². The van der Waals surface area contributed by atoms with Gasteiger partial charge in [-0.15, -0.1) is 10.2 Å². The largest absolute Gasteiger partial charge is 0.358 e. The van der Waals surface area contributed by atoms with Crippen LogP contribution >= 0.6 is 23.1 Å². The van der Waals surface area contributed by atoms with E-state index >= 15 is 0 Å². The number of anilines is 1. The molecule has 0 radical (unpaired) electrons. The third-order valence-corrected chi connectivity index (χ3v) is 6.96. The van der Waals surface area contributed by atoms with Gasteiger partial charge in [-0.2, -0.15) is 0 Å². The SMILES string of the molecule is CC(C)Nc1nnc(SCC(=O)N[C@@H](C)[C@@H]2C[C@H]3CC[C@H]2C3)s1. The minimum Gasteiger partial charge on any atom is -0.358 e. The molecule has 2 saturated carbocycles. The average Bonchev–Trinajstić information content (AvgIpc) is 3.20. The van der Waals surface area contributed by atoms with Gasteiger partial charge in [0.2, 0.25) is 11.0 Å². The van der Waals surface area contributed by atoms with Crippen molar-refractivity contribution in [3.63, 3.8) is 0 Å². The second-order valence-electron chi connectivity index (χ2n) is 7.16. The maximum Gasteiger partial charge on any atom is 0.230 e. The lowest BCUT2D eigenvalue weighted by Crippen LogP contribution is -2.40. The quantitative estimate of drug-likeness (QED) is 0.735. The van der Waals surface area contributed by atoms with Gasteiger partial charge < -0.3 is 10.6 Å². The van der Waals surface area contributed by atoms with Gasteiger partial charge in [-0.05, 0) is 57.8 Å². The maximum absolute atomic E-state index is 12.2. The molecule has 4 atom stereocenters. The minimum atomic E-state index is 0.110. The highest BCUT2D eigenvalue weighted by atomic mass is 32.2. The van der Waals surface area contributed by atoms with Crippen LogP contribution in [0.1, 0.15) is 46.5 Å². The Kier molecular flexibility index (Phi) is 5.46. The van der Waals surface area contributed by atoms with E-state index in [1.165, 1.54) is 48.8 Å². The molecule has 2 N–H and O–H groups in total. The lowest BCUT2D eigenvalue weighted by atomic mass is 9.84. The number of nitrogens with zero attached hydrogens (tertiary/aromatic N) is 2. The second kappa shape index (κ2) is 7.38. The molecule has 0 saturated heterocycles. The van der Waals surface area contributed by atoms with Crippen LogP contribution in [0.3, 0.4) is 0 Å². The second-order valence-corrected chi connectivity index (χ2v) is 9.36. The van der Waals surface area contributed by atoms with Gasteiger partial charge in [0, 0.05) is 12.1 Å². The summed E-state index contributed by atoms with van der Waals surface area (Å²) in [5, 5.41) is 15.5. The molecule has 1 heterocycles. The van der Waals surface area contributed by atoms with Crippen LogP contribution in [0.25, 0.3) is 0 Å². The van der Waals surface area contributed by atoms with Crippen molar-refractivity contribution < 1.29 is 4.79 Å². The third kappa shape index (κ3) is 4.38. The Bertz CT molecular complexity index is 548. The lowest BCUT2D eigenvalue weighted by Gasteiger charge is -2.28. The molecule has 2 aliphatic rings. The number of rotatable bonds is 7. The highest BCUT2D eigenvalue weighted by molar-refractivity contribution is 8.01. The molecule has 128 valence electrons. The standard InChI is InChI=1S/C16H26N4OS2/c1-9(2)17-15-19-20-16(23-15)22-8-14(21)18-10(3)13-7-11-4-5-12(13)6-11/h9-13H,4-8H2,1-3H3,(H,17,19)(H,18,21)/t10-,11-,12-,13-/m0/s1. The van der Waals surface area contributed by atoms with E-state index < -0.39 is 0 Å². The number of hydrogen-bond acceptors (Lipinski definition) is 6. The first kappa shape index (κ1) is 17.0. The molecule has 1 aromatic rings. The molecule has 5 nitrogen and oxygen atoms in total. The Hall–Kier alpha value is -0.820. The number of amides is 1. The minimum absolute atomic E-state index is 0.110. The average molecular weight is 355 g/mol. The van der Waals surface area contributed by atoms with Crippen molar-refractivity contribution in [1.82, 2.24) is 15.5 Å². The summed E-state index contributed by atoms with van der Waals surface area (Å²) in [5.74, 6) is 2.98. The Morgan fingerprint density at radius 1 is 1.30 bits per heavy atom. The highest BCUT2D eigenvalue weighted by Crippen LogP contribution is 2.49. The van der Waals surface area contributed by atoms with E-state index in [1.54, 1.807) is 0 Å². The fourth-order valence-electron chi connectivity index (χ4n) is 4.01. The van der Waals surface area contributed by atoms with Gasteiger partial charge in [0.1, 0.15) is 0 Å². The number of fused-ring (bicyclic) bond motifs is 2. The normalized spacial score (nSPS) is 27.4. The van der Waals surface area contributed by atoms with Crippen molar-refractivity contribution in [3.8, 4) is 0 Å². The van der Waals surface area contributed by atoms with E-state index in [1.807, 2.05) is 0 Å². The van der Waals surface area contributed by atoms with Gasteiger partial charge in [-0.25, -0.2) is 0 Å². The molecule has 2 aliphatic carbocycles. The monoisotopic (exact) mass is 354 g/mol. The van der Waals surface area contributed by atoms with Crippen LogP contribution in [0.5, 0.6) is 0 Å². The molecular weight excluding hydrogens is 328 g/mol. The van der Waals surface area contributed by atoms with Crippen molar-refractivity contribution in [2.75, 3.05) is 11.1 Å². The molecule has 0 aliphatic heterocycles. The predicted octanol–water partition coefficient (Wildman–Crippen LogP) is 3.39. The Morgan fingerprint density at radius 3 is 2.78 bits per heavy atom. The smallest absolute Gasteiger partial charge is 0.230 e. The molecule has 23 heavy (non-hydrogen) atoms. The molecule has 1 amide bonds. The number of nitrogens with one attached hydrogen (secondary N) is 2. The van der Waals surface area contributed by atoms with Crippen LogP contribution < -0.4 is 10.6 Å². The zero-order valence-corrected chi connectivity index (χ0v) is 15.7. The van der Waals surface area contributed by atoms with Crippen LogP contribution in [0.2, 0.25) is 0 Å². The number of carbonyl (C=O) groups is 1. The topological polar surface area (TPSA) is 66.9 Å². The van der Waals surface area contributed by atoms with Crippen molar-refractivity contribution in [2.45, 2.75) is 62.9 Å². The van der Waals surface area contributed by atoms with Gasteiger partial charge in [-0.1, -0.05) is 29.5 Å². The molecule has 3 rings (SSSR count). The molecular formula is C16H26N4OS2. The molecule has 1 aromatic heterocycles. The van der Waals surface area contributed by atoms with E-state index in [0.29, 0.717) is 23.8 Å². The van der Waals surface area contributed by atoms with E-state index in [9.17, 15) is 4.79 Å². The van der Waals surface area contributed by atoms with E-state index in [2.05, 4.69) is 41.6 Å². The van der Waals surface area contributed by atoms with Crippen molar-refractivity contribution in [2.24, 2.45) is 17.8 Å². The summed E-state index contributed by atoms with van der Waals surface area (Å²) in [5.41, 5.74) is 0. The summed E-state index contributed by atoms with van der Waals surface area (Å²) in [6.07, 6.45) is 5.46. The van der Waals surface area contributed by atoms with Crippen LogP contribution in [0.15, 0.2) is 4.34 Å². The zero-order chi connectivity index (χ0) is 16.4. The molecule has 2 fully saturated rings. The van der Waals surface area contributed by atoms with Crippen molar-refractivity contribution >= 4 is 34.1 Å². The third-order valence-electron chi connectivity index (χ3n) is 4.97. The predicted molar refractivity (Wildman–Crippen MR) is 95.9 cm³/mol. The first-order chi connectivity index (χ1) is 11.0. The Morgan fingerprint density at radius 2 is 2.13 bits per heavy atom. The summed E-state index contributed by atoms with van der Waals surface area (Å²) < 4.78 is 0.843. The van der Waals surface area contributed by atoms with E-state index in [-0.39, 0.29) is 5.91 Å².